The van der Waals surface area contributed by atoms with Gasteiger partial charge in [-0.3, -0.25) is 0 Å². The number of nitrogens with zero attached hydrogens (tertiary/aromatic N) is 2. The molecule has 0 saturated carbocycles. The first kappa shape index (κ1) is 38.5. The summed E-state index contributed by atoms with van der Waals surface area (Å²) in [5.41, 5.74) is 17.7. The average molecular weight is 855 g/mol. The van der Waals surface area contributed by atoms with Crippen LogP contribution in [0.1, 0.15) is 0 Å². The van der Waals surface area contributed by atoms with E-state index in [4.69, 9.17) is 4.42 Å². The second-order valence-corrected chi connectivity index (χ2v) is 17.3. The lowest BCUT2D eigenvalue weighted by atomic mass is 9.93. The normalized spacial score (nSPS) is 11.6. The molecule has 0 aliphatic carbocycles. The third-order valence-electron chi connectivity index (χ3n) is 13.4. The minimum Gasteiger partial charge on any atom is -0.455 e. The van der Waals surface area contributed by atoms with Crippen LogP contribution in [0.3, 0.4) is 0 Å². The Kier molecular flexibility index (Phi) is 9.17. The molecule has 2 aromatic heterocycles. The van der Waals surface area contributed by atoms with Crippen molar-refractivity contribution in [2.75, 3.05) is 4.90 Å². The van der Waals surface area contributed by atoms with E-state index in [1.54, 1.807) is 0 Å². The van der Waals surface area contributed by atoms with Gasteiger partial charge in [-0.1, -0.05) is 188 Å². The first-order valence-electron chi connectivity index (χ1n) is 22.9. The van der Waals surface area contributed by atoms with Gasteiger partial charge in [-0.2, -0.15) is 0 Å². The van der Waals surface area contributed by atoms with E-state index in [9.17, 15) is 0 Å². The molecule has 0 saturated heterocycles. The number of aromatic nitrogens is 1. The van der Waals surface area contributed by atoms with Crippen LogP contribution in [0.2, 0.25) is 0 Å². The highest BCUT2D eigenvalue weighted by Gasteiger charge is 2.20. The monoisotopic (exact) mass is 854 g/mol. The first-order chi connectivity index (χ1) is 33.2. The molecule has 0 fully saturated rings. The smallest absolute Gasteiger partial charge is 0.143 e. The predicted octanol–water partition coefficient (Wildman–Crippen LogP) is 18.0. The topological polar surface area (TPSA) is 21.3 Å². The van der Waals surface area contributed by atoms with Gasteiger partial charge in [0.2, 0.25) is 0 Å². The van der Waals surface area contributed by atoms with Crippen molar-refractivity contribution in [2.45, 2.75) is 0 Å². The standard InChI is InChI=1S/C64H42N2O/c1-2-17-45-40-47(35-34-43(45)16-1)46-18-13-20-50(41-46)65(49-38-36-44(37-39-49)53-28-15-29-59-58-27-8-12-33-63(58)67-64(53)59)51-21-14-19-48(42-51)52-22-3-4-23-54(52)55-24-5-9-30-60(55)66-61-31-10-6-25-56(61)57-26-7-11-32-62(57)66/h1-42H. The molecule has 13 aromatic rings. The van der Waals surface area contributed by atoms with Gasteiger partial charge in [0.25, 0.3) is 0 Å². The van der Waals surface area contributed by atoms with Gasteiger partial charge >= 0.3 is 0 Å². The van der Waals surface area contributed by atoms with Gasteiger partial charge in [-0.15, -0.1) is 0 Å². The Morgan fingerprint density at radius 3 is 1.61 bits per heavy atom. The van der Waals surface area contributed by atoms with Crippen molar-refractivity contribution >= 4 is 71.6 Å². The molecule has 0 atom stereocenters. The van der Waals surface area contributed by atoms with Gasteiger partial charge in [0, 0.05) is 49.7 Å². The van der Waals surface area contributed by atoms with Crippen LogP contribution in [0.4, 0.5) is 17.1 Å². The Balaban J connectivity index is 0.952. The van der Waals surface area contributed by atoms with Crippen molar-refractivity contribution in [3.05, 3.63) is 255 Å². The summed E-state index contributed by atoms with van der Waals surface area (Å²) in [7, 11) is 0. The van der Waals surface area contributed by atoms with Crippen LogP contribution >= 0.6 is 0 Å². The van der Waals surface area contributed by atoms with Gasteiger partial charge in [0.15, 0.2) is 0 Å². The number of fused-ring (bicyclic) bond motifs is 7. The lowest BCUT2D eigenvalue weighted by Gasteiger charge is -2.27. The molecule has 2 heterocycles. The molecule has 3 heteroatoms. The van der Waals surface area contributed by atoms with Gasteiger partial charge in [0.05, 0.1) is 16.7 Å². The molecule has 0 unspecified atom stereocenters. The molecule has 0 N–H and O–H groups in total. The summed E-state index contributed by atoms with van der Waals surface area (Å²) < 4.78 is 8.91. The predicted molar refractivity (Wildman–Crippen MR) is 282 cm³/mol. The second-order valence-electron chi connectivity index (χ2n) is 17.3. The summed E-state index contributed by atoms with van der Waals surface area (Å²) >= 11 is 0. The maximum Gasteiger partial charge on any atom is 0.143 e. The Labute approximate surface area is 388 Å². The van der Waals surface area contributed by atoms with Crippen LogP contribution in [-0.2, 0) is 0 Å². The van der Waals surface area contributed by atoms with E-state index in [2.05, 4.69) is 252 Å². The van der Waals surface area contributed by atoms with Crippen LogP contribution in [0.5, 0.6) is 0 Å². The summed E-state index contributed by atoms with van der Waals surface area (Å²) in [6, 6.07) is 92.0. The zero-order valence-corrected chi connectivity index (χ0v) is 36.6. The molecule has 0 amide bonds. The fourth-order valence-corrected chi connectivity index (χ4v) is 10.3. The molecule has 314 valence electrons. The molecule has 11 aromatic carbocycles. The van der Waals surface area contributed by atoms with Crippen molar-refractivity contribution in [1.29, 1.82) is 0 Å². The van der Waals surface area contributed by atoms with Crippen molar-refractivity contribution in [2.24, 2.45) is 0 Å². The summed E-state index contributed by atoms with van der Waals surface area (Å²) in [5, 5.41) is 7.21. The molecule has 0 radical (unpaired) electrons. The molecule has 0 aliphatic rings. The summed E-state index contributed by atoms with van der Waals surface area (Å²) in [4.78, 5) is 2.38. The Morgan fingerprint density at radius 1 is 0.299 bits per heavy atom. The minimum atomic E-state index is 0.899. The number of anilines is 3. The molecule has 0 aliphatic heterocycles. The van der Waals surface area contributed by atoms with Crippen LogP contribution < -0.4 is 4.90 Å². The van der Waals surface area contributed by atoms with Crippen molar-refractivity contribution in [3.63, 3.8) is 0 Å². The van der Waals surface area contributed by atoms with Crippen LogP contribution in [0.25, 0.3) is 105 Å². The molecule has 67 heavy (non-hydrogen) atoms. The number of hydrogen-bond acceptors (Lipinski definition) is 2. The third kappa shape index (κ3) is 6.59. The number of para-hydroxylation sites is 5. The zero-order chi connectivity index (χ0) is 44.3. The number of furan rings is 1. The summed E-state index contributed by atoms with van der Waals surface area (Å²) in [5.74, 6) is 0. The van der Waals surface area contributed by atoms with Crippen molar-refractivity contribution in [1.82, 2.24) is 4.57 Å². The van der Waals surface area contributed by atoms with Gasteiger partial charge in [-0.25, -0.2) is 0 Å². The van der Waals surface area contributed by atoms with Crippen LogP contribution in [0.15, 0.2) is 259 Å². The van der Waals surface area contributed by atoms with E-state index in [-0.39, 0.29) is 0 Å². The van der Waals surface area contributed by atoms with E-state index < -0.39 is 0 Å². The maximum absolute atomic E-state index is 6.49. The van der Waals surface area contributed by atoms with E-state index in [1.807, 2.05) is 12.1 Å². The van der Waals surface area contributed by atoms with Gasteiger partial charge < -0.3 is 13.9 Å². The quantitative estimate of drug-likeness (QED) is 0.152. The van der Waals surface area contributed by atoms with Gasteiger partial charge in [0.1, 0.15) is 11.2 Å². The average Bonchev–Trinajstić information content (AvgIpc) is 3.95. The Bertz CT molecular complexity index is 3950. The second kappa shape index (κ2) is 16.0. The Morgan fingerprint density at radius 2 is 0.836 bits per heavy atom. The van der Waals surface area contributed by atoms with E-state index in [1.165, 1.54) is 49.3 Å². The molecule has 13 rings (SSSR count). The SMILES string of the molecule is c1cc(-c2ccc3ccccc3c2)cc(N(c2ccc(-c3cccc4c3oc3ccccc34)cc2)c2cccc(-c3ccccc3-c3ccccc3-n3c4ccccc4c4ccccc43)c2)c1. The van der Waals surface area contributed by atoms with E-state index >= 15 is 0 Å². The summed E-state index contributed by atoms with van der Waals surface area (Å²) in [6.07, 6.45) is 0. The molecule has 0 bridgehead atoms. The van der Waals surface area contributed by atoms with Crippen molar-refractivity contribution < 1.29 is 4.42 Å². The van der Waals surface area contributed by atoms with E-state index in [0.29, 0.717) is 0 Å². The van der Waals surface area contributed by atoms with Gasteiger partial charge in [-0.05, 0) is 111 Å². The van der Waals surface area contributed by atoms with Crippen LogP contribution in [-0.4, -0.2) is 4.57 Å². The number of benzene rings is 11. The Hall–Kier alpha value is -8.92. The molecular formula is C64H42N2O. The zero-order valence-electron chi connectivity index (χ0n) is 36.6. The number of hydrogen-bond donors (Lipinski definition) is 0. The first-order valence-corrected chi connectivity index (χ1v) is 22.9. The molecule has 3 nitrogen and oxygen atoms in total. The fraction of sp³-hybridized carbons (Fsp3) is 0. The fourth-order valence-electron chi connectivity index (χ4n) is 10.3. The van der Waals surface area contributed by atoms with Crippen molar-refractivity contribution in [3.8, 4) is 50.2 Å². The molecule has 0 spiro atoms. The highest BCUT2D eigenvalue weighted by molar-refractivity contribution is 6.11. The highest BCUT2D eigenvalue weighted by Crippen LogP contribution is 2.44. The third-order valence-corrected chi connectivity index (χ3v) is 13.4. The van der Waals surface area contributed by atoms with E-state index in [0.717, 1.165) is 72.5 Å². The largest absolute Gasteiger partial charge is 0.455 e. The summed E-state index contributed by atoms with van der Waals surface area (Å²) in [6.45, 7) is 0. The van der Waals surface area contributed by atoms with Crippen LogP contribution in [0, 0.1) is 0 Å². The lowest BCUT2D eigenvalue weighted by Crippen LogP contribution is -2.10. The lowest BCUT2D eigenvalue weighted by molar-refractivity contribution is 0.670. The molecular weight excluding hydrogens is 813 g/mol. The number of rotatable bonds is 8. The maximum atomic E-state index is 6.49. The minimum absolute atomic E-state index is 0.899. The highest BCUT2D eigenvalue weighted by atomic mass is 16.3.